The van der Waals surface area contributed by atoms with Gasteiger partial charge in [0, 0.05) is 0 Å². The quantitative estimate of drug-likeness (QED) is 0.655. The van der Waals surface area contributed by atoms with E-state index in [9.17, 15) is 4.79 Å². The summed E-state index contributed by atoms with van der Waals surface area (Å²) >= 11 is 0. The molecule has 0 atom stereocenters. The number of amides is 1. The van der Waals surface area contributed by atoms with Crippen molar-refractivity contribution in [2.45, 2.75) is 25.9 Å². The molecule has 1 rings (SSSR count). The smallest absolute Gasteiger partial charge is 0.239 e. The minimum absolute atomic E-state index is 0.232. The van der Waals surface area contributed by atoms with Crippen molar-refractivity contribution in [3.8, 4) is 0 Å². The highest BCUT2D eigenvalue weighted by Crippen LogP contribution is 1.96. The molecular weight excluding hydrogens is 172 g/mol. The standard InChI is InChI=1S/C7H12N4O2/c1-7(2,8)6(12)9-3-5-10-4-13-11-5/h4H,3,8H2,1-2H3,(H,9,12). The average molecular weight is 184 g/mol. The summed E-state index contributed by atoms with van der Waals surface area (Å²) in [6.07, 6.45) is 1.20. The monoisotopic (exact) mass is 184 g/mol. The molecule has 0 spiro atoms. The van der Waals surface area contributed by atoms with Crippen LogP contribution >= 0.6 is 0 Å². The Balaban J connectivity index is 2.40. The van der Waals surface area contributed by atoms with Gasteiger partial charge in [-0.25, -0.2) is 0 Å². The van der Waals surface area contributed by atoms with Gasteiger partial charge in [-0.2, -0.15) is 4.98 Å². The predicted octanol–water partition coefficient (Wildman–Crippen LogP) is -0.577. The van der Waals surface area contributed by atoms with Crippen LogP contribution in [-0.2, 0) is 11.3 Å². The molecular formula is C7H12N4O2. The lowest BCUT2D eigenvalue weighted by Crippen LogP contribution is -2.48. The number of nitrogens with zero attached hydrogens (tertiary/aromatic N) is 2. The van der Waals surface area contributed by atoms with Crippen LogP contribution in [-0.4, -0.2) is 21.6 Å². The molecule has 1 aromatic heterocycles. The van der Waals surface area contributed by atoms with Crippen molar-refractivity contribution < 1.29 is 9.32 Å². The Labute approximate surface area is 75.5 Å². The molecule has 6 heteroatoms. The molecule has 0 saturated heterocycles. The molecule has 72 valence electrons. The highest BCUT2D eigenvalue weighted by Gasteiger charge is 2.21. The SMILES string of the molecule is CC(C)(N)C(=O)NCc1ncon1. The normalized spacial score (nSPS) is 11.3. The first-order valence-electron chi connectivity index (χ1n) is 3.82. The maximum Gasteiger partial charge on any atom is 0.239 e. The molecule has 0 unspecified atom stereocenters. The van der Waals surface area contributed by atoms with E-state index in [1.807, 2.05) is 0 Å². The molecule has 0 aliphatic rings. The maximum atomic E-state index is 11.2. The third-order valence-electron chi connectivity index (χ3n) is 1.40. The molecule has 13 heavy (non-hydrogen) atoms. The second kappa shape index (κ2) is 3.53. The molecule has 0 aliphatic heterocycles. The molecule has 0 bridgehead atoms. The van der Waals surface area contributed by atoms with E-state index in [4.69, 9.17) is 5.73 Å². The molecule has 0 aromatic carbocycles. The van der Waals surface area contributed by atoms with Crippen molar-refractivity contribution in [2.24, 2.45) is 5.73 Å². The largest absolute Gasteiger partial charge is 0.347 e. The zero-order valence-corrected chi connectivity index (χ0v) is 7.57. The van der Waals surface area contributed by atoms with E-state index < -0.39 is 5.54 Å². The highest BCUT2D eigenvalue weighted by atomic mass is 16.5. The number of aromatic nitrogens is 2. The second-order valence-corrected chi connectivity index (χ2v) is 3.25. The molecule has 0 aliphatic carbocycles. The first-order chi connectivity index (χ1) is 6.00. The van der Waals surface area contributed by atoms with Crippen LogP contribution in [0.3, 0.4) is 0 Å². The van der Waals surface area contributed by atoms with E-state index in [-0.39, 0.29) is 12.5 Å². The molecule has 1 aromatic rings. The molecule has 1 amide bonds. The van der Waals surface area contributed by atoms with Gasteiger partial charge in [0.1, 0.15) is 0 Å². The van der Waals surface area contributed by atoms with Crippen LogP contribution in [0.4, 0.5) is 0 Å². The number of rotatable bonds is 3. The lowest BCUT2D eigenvalue weighted by Gasteiger charge is -2.16. The Hall–Kier alpha value is -1.43. The van der Waals surface area contributed by atoms with Crippen LogP contribution in [0.5, 0.6) is 0 Å². The summed E-state index contributed by atoms with van der Waals surface area (Å²) < 4.78 is 4.49. The van der Waals surface area contributed by atoms with Crippen LogP contribution < -0.4 is 11.1 Å². The topological polar surface area (TPSA) is 94.0 Å². The summed E-state index contributed by atoms with van der Waals surface area (Å²) in [5.74, 6) is 0.176. The van der Waals surface area contributed by atoms with Gasteiger partial charge in [-0.05, 0) is 13.8 Å². The average Bonchev–Trinajstić information content (AvgIpc) is 2.50. The number of nitrogens with two attached hydrogens (primary N) is 1. The molecule has 6 nitrogen and oxygen atoms in total. The third-order valence-corrected chi connectivity index (χ3v) is 1.40. The van der Waals surface area contributed by atoms with Crippen molar-refractivity contribution in [1.82, 2.24) is 15.5 Å². The fourth-order valence-electron chi connectivity index (χ4n) is 0.657. The van der Waals surface area contributed by atoms with Gasteiger partial charge in [0.05, 0.1) is 12.1 Å². The number of hydrogen-bond acceptors (Lipinski definition) is 5. The first kappa shape index (κ1) is 9.66. The highest BCUT2D eigenvalue weighted by molar-refractivity contribution is 5.84. The van der Waals surface area contributed by atoms with Gasteiger partial charge >= 0.3 is 0 Å². The van der Waals surface area contributed by atoms with Crippen LogP contribution in [0.1, 0.15) is 19.7 Å². The molecule has 1 heterocycles. The van der Waals surface area contributed by atoms with Crippen molar-refractivity contribution in [1.29, 1.82) is 0 Å². The lowest BCUT2D eigenvalue weighted by molar-refractivity contribution is -0.125. The van der Waals surface area contributed by atoms with Gasteiger partial charge in [-0.3, -0.25) is 4.79 Å². The van der Waals surface area contributed by atoms with Gasteiger partial charge in [-0.1, -0.05) is 5.16 Å². The van der Waals surface area contributed by atoms with Crippen LogP contribution in [0.2, 0.25) is 0 Å². The maximum absolute atomic E-state index is 11.2. The number of carbonyl (C=O) groups is 1. The Bertz CT molecular complexity index is 275. The van der Waals surface area contributed by atoms with E-state index >= 15 is 0 Å². The molecule has 3 N–H and O–H groups in total. The predicted molar refractivity (Wildman–Crippen MR) is 44.4 cm³/mol. The van der Waals surface area contributed by atoms with Gasteiger partial charge < -0.3 is 15.6 Å². The lowest BCUT2D eigenvalue weighted by atomic mass is 10.1. The van der Waals surface area contributed by atoms with Gasteiger partial charge in [0.25, 0.3) is 0 Å². The van der Waals surface area contributed by atoms with Crippen molar-refractivity contribution >= 4 is 5.91 Å². The fourth-order valence-corrected chi connectivity index (χ4v) is 0.657. The molecule has 0 fully saturated rings. The first-order valence-corrected chi connectivity index (χ1v) is 3.82. The summed E-state index contributed by atoms with van der Waals surface area (Å²) in [7, 11) is 0. The van der Waals surface area contributed by atoms with Crippen LogP contribution in [0.25, 0.3) is 0 Å². The molecule has 0 radical (unpaired) electrons. The van der Waals surface area contributed by atoms with Crippen molar-refractivity contribution in [3.63, 3.8) is 0 Å². The van der Waals surface area contributed by atoms with Gasteiger partial charge in [0.2, 0.25) is 12.3 Å². The van der Waals surface area contributed by atoms with Crippen LogP contribution in [0.15, 0.2) is 10.9 Å². The zero-order valence-electron chi connectivity index (χ0n) is 7.57. The number of hydrogen-bond donors (Lipinski definition) is 2. The Morgan fingerprint density at radius 2 is 2.46 bits per heavy atom. The summed E-state index contributed by atoms with van der Waals surface area (Å²) in [5, 5.41) is 6.10. The summed E-state index contributed by atoms with van der Waals surface area (Å²) in [6.45, 7) is 3.48. The van der Waals surface area contributed by atoms with Gasteiger partial charge in [-0.15, -0.1) is 0 Å². The number of nitrogens with one attached hydrogen (secondary N) is 1. The van der Waals surface area contributed by atoms with E-state index in [2.05, 4.69) is 20.0 Å². The van der Waals surface area contributed by atoms with Crippen molar-refractivity contribution in [2.75, 3.05) is 0 Å². The van der Waals surface area contributed by atoms with E-state index in [1.54, 1.807) is 13.8 Å². The van der Waals surface area contributed by atoms with E-state index in [1.165, 1.54) is 6.39 Å². The second-order valence-electron chi connectivity index (χ2n) is 3.25. The zero-order chi connectivity index (χ0) is 9.90. The summed E-state index contributed by atoms with van der Waals surface area (Å²) in [6, 6.07) is 0. The van der Waals surface area contributed by atoms with Gasteiger partial charge in [0.15, 0.2) is 5.82 Å². The Kier molecular flexibility index (Phi) is 2.62. The van der Waals surface area contributed by atoms with Crippen molar-refractivity contribution in [3.05, 3.63) is 12.2 Å². The molecule has 0 saturated carbocycles. The Morgan fingerprint density at radius 1 is 1.77 bits per heavy atom. The number of carbonyl (C=O) groups excluding carboxylic acids is 1. The fraction of sp³-hybridized carbons (Fsp3) is 0.571. The summed E-state index contributed by atoms with van der Waals surface area (Å²) in [5.41, 5.74) is 4.66. The van der Waals surface area contributed by atoms with E-state index in [0.717, 1.165) is 0 Å². The minimum Gasteiger partial charge on any atom is -0.347 e. The minimum atomic E-state index is -0.885. The van der Waals surface area contributed by atoms with Crippen LogP contribution in [0, 0.1) is 0 Å². The summed E-state index contributed by atoms with van der Waals surface area (Å²) in [4.78, 5) is 15.0. The third kappa shape index (κ3) is 2.83. The van der Waals surface area contributed by atoms with E-state index in [0.29, 0.717) is 5.82 Å². The Morgan fingerprint density at radius 3 is 2.92 bits per heavy atom.